The highest BCUT2D eigenvalue weighted by molar-refractivity contribution is 5.86. The highest BCUT2D eigenvalue weighted by Gasteiger charge is 2.60. The fourth-order valence-corrected chi connectivity index (χ4v) is 2.79. The Kier molecular flexibility index (Phi) is 2.53. The second-order valence-electron chi connectivity index (χ2n) is 4.96. The lowest BCUT2D eigenvalue weighted by atomic mass is 9.90. The third-order valence-corrected chi connectivity index (χ3v) is 3.72. The number of aliphatic carboxylic acids is 1. The van der Waals surface area contributed by atoms with Crippen LogP contribution >= 0.6 is 0 Å². The molecule has 0 amide bonds. The molecule has 0 radical (unpaired) electrons. The molecule has 0 aliphatic heterocycles. The zero-order valence-electron chi connectivity index (χ0n) is 10.1. The Hall–Kier alpha value is -1.31. The maximum atomic E-state index is 11.5. The van der Waals surface area contributed by atoms with E-state index in [9.17, 15) is 9.90 Å². The van der Waals surface area contributed by atoms with Crippen LogP contribution in [0, 0.1) is 19.8 Å². The maximum Gasteiger partial charge on any atom is 0.314 e. The second kappa shape index (κ2) is 3.62. The summed E-state index contributed by atoms with van der Waals surface area (Å²) < 4.78 is 0. The van der Waals surface area contributed by atoms with Crippen molar-refractivity contribution in [2.75, 3.05) is 0 Å². The Balaban J connectivity index is 2.46. The number of carboxylic acid groups (broad SMARTS) is 1. The number of aryl methyl sites for hydroxylation is 2. The van der Waals surface area contributed by atoms with Crippen molar-refractivity contribution in [3.63, 3.8) is 0 Å². The Bertz CT molecular complexity index is 416. The molecule has 2 rings (SSSR count). The Morgan fingerprint density at radius 1 is 1.38 bits per heavy atom. The van der Waals surface area contributed by atoms with Gasteiger partial charge in [0.25, 0.3) is 0 Å². The Labute approximate surface area is 96.3 Å². The SMILES string of the molecule is CCC1CC1(C(=O)O)c1cc(C)cc(C)c1. The van der Waals surface area contributed by atoms with Crippen LogP contribution in [0.15, 0.2) is 18.2 Å². The summed E-state index contributed by atoms with van der Waals surface area (Å²) in [4.78, 5) is 11.5. The van der Waals surface area contributed by atoms with Crippen LogP contribution in [-0.2, 0) is 10.2 Å². The maximum absolute atomic E-state index is 11.5. The fourth-order valence-electron chi connectivity index (χ4n) is 2.79. The van der Waals surface area contributed by atoms with Crippen LogP contribution in [0.5, 0.6) is 0 Å². The van der Waals surface area contributed by atoms with Gasteiger partial charge in [0, 0.05) is 0 Å². The van der Waals surface area contributed by atoms with Gasteiger partial charge in [-0.15, -0.1) is 0 Å². The first-order valence-electron chi connectivity index (χ1n) is 5.83. The van der Waals surface area contributed by atoms with Gasteiger partial charge in [-0.25, -0.2) is 0 Å². The van der Waals surface area contributed by atoms with Crippen LogP contribution in [0.4, 0.5) is 0 Å². The van der Waals surface area contributed by atoms with E-state index in [4.69, 9.17) is 0 Å². The van der Waals surface area contributed by atoms with Crippen LogP contribution < -0.4 is 0 Å². The third-order valence-electron chi connectivity index (χ3n) is 3.72. The summed E-state index contributed by atoms with van der Waals surface area (Å²) >= 11 is 0. The average molecular weight is 218 g/mol. The minimum atomic E-state index is -0.663. The van der Waals surface area contributed by atoms with Crippen molar-refractivity contribution in [3.05, 3.63) is 34.9 Å². The summed E-state index contributed by atoms with van der Waals surface area (Å²) in [5.74, 6) is -0.351. The van der Waals surface area contributed by atoms with Gasteiger partial charge in [0.1, 0.15) is 0 Å². The predicted octanol–water partition coefficient (Wildman–Crippen LogP) is 3.06. The van der Waals surface area contributed by atoms with Gasteiger partial charge in [0.15, 0.2) is 0 Å². The van der Waals surface area contributed by atoms with Crippen molar-refractivity contribution in [2.24, 2.45) is 5.92 Å². The highest BCUT2D eigenvalue weighted by atomic mass is 16.4. The molecule has 2 unspecified atom stereocenters. The fraction of sp³-hybridized carbons (Fsp3) is 0.500. The standard InChI is InChI=1S/C14H18O2/c1-4-11-8-14(11,13(15)16)12-6-9(2)5-10(3)7-12/h5-7,11H,4,8H2,1-3H3,(H,15,16). The lowest BCUT2D eigenvalue weighted by Gasteiger charge is -2.14. The molecule has 0 heterocycles. The largest absolute Gasteiger partial charge is 0.481 e. The van der Waals surface area contributed by atoms with E-state index < -0.39 is 11.4 Å². The van der Waals surface area contributed by atoms with Crippen LogP contribution in [0.25, 0.3) is 0 Å². The molecule has 0 saturated heterocycles. The van der Waals surface area contributed by atoms with Crippen LogP contribution in [0.1, 0.15) is 36.5 Å². The molecule has 0 aromatic heterocycles. The van der Waals surface area contributed by atoms with Crippen molar-refractivity contribution < 1.29 is 9.90 Å². The summed E-state index contributed by atoms with van der Waals surface area (Å²) in [6, 6.07) is 6.13. The molecule has 1 fully saturated rings. The number of hydrogen-bond acceptors (Lipinski definition) is 1. The number of carbonyl (C=O) groups is 1. The van der Waals surface area contributed by atoms with Crippen molar-refractivity contribution in [3.8, 4) is 0 Å². The van der Waals surface area contributed by atoms with E-state index in [1.165, 1.54) is 0 Å². The molecule has 2 heteroatoms. The lowest BCUT2D eigenvalue weighted by Crippen LogP contribution is -2.22. The first-order chi connectivity index (χ1) is 7.50. The molecule has 1 aliphatic rings. The lowest BCUT2D eigenvalue weighted by molar-refractivity contribution is -0.140. The van der Waals surface area contributed by atoms with E-state index in [-0.39, 0.29) is 0 Å². The summed E-state index contributed by atoms with van der Waals surface area (Å²) in [6.07, 6.45) is 1.74. The monoisotopic (exact) mass is 218 g/mol. The predicted molar refractivity (Wildman–Crippen MR) is 63.6 cm³/mol. The zero-order chi connectivity index (χ0) is 11.9. The Morgan fingerprint density at radius 2 is 1.94 bits per heavy atom. The quantitative estimate of drug-likeness (QED) is 0.846. The summed E-state index contributed by atoms with van der Waals surface area (Å²) in [6.45, 7) is 6.11. The molecule has 16 heavy (non-hydrogen) atoms. The second-order valence-corrected chi connectivity index (χ2v) is 4.96. The Morgan fingerprint density at radius 3 is 2.31 bits per heavy atom. The first kappa shape index (κ1) is 11.2. The minimum Gasteiger partial charge on any atom is -0.481 e. The van der Waals surface area contributed by atoms with Crippen molar-refractivity contribution >= 4 is 5.97 Å². The molecule has 2 atom stereocenters. The van der Waals surface area contributed by atoms with E-state index >= 15 is 0 Å². The molecule has 0 spiro atoms. The van der Waals surface area contributed by atoms with Crippen molar-refractivity contribution in [2.45, 2.75) is 39.0 Å². The van der Waals surface area contributed by atoms with E-state index in [1.54, 1.807) is 0 Å². The molecule has 1 aromatic rings. The topological polar surface area (TPSA) is 37.3 Å². The molecular weight excluding hydrogens is 200 g/mol. The molecule has 1 saturated carbocycles. The van der Waals surface area contributed by atoms with Crippen LogP contribution in [0.2, 0.25) is 0 Å². The molecule has 1 aromatic carbocycles. The van der Waals surface area contributed by atoms with Crippen molar-refractivity contribution in [1.29, 1.82) is 0 Å². The van der Waals surface area contributed by atoms with Gasteiger partial charge in [0.05, 0.1) is 5.41 Å². The smallest absolute Gasteiger partial charge is 0.314 e. The number of carboxylic acids is 1. The average Bonchev–Trinajstić information content (AvgIpc) is 2.91. The number of benzene rings is 1. The van der Waals surface area contributed by atoms with Gasteiger partial charge in [-0.05, 0) is 31.7 Å². The molecule has 0 bridgehead atoms. The minimum absolute atomic E-state index is 0.311. The molecular formula is C14H18O2. The number of rotatable bonds is 3. The zero-order valence-corrected chi connectivity index (χ0v) is 10.1. The van der Waals surface area contributed by atoms with E-state index in [0.717, 1.165) is 29.5 Å². The van der Waals surface area contributed by atoms with Gasteiger partial charge in [0.2, 0.25) is 0 Å². The number of hydrogen-bond donors (Lipinski definition) is 1. The summed E-state index contributed by atoms with van der Waals surface area (Å²) in [5.41, 5.74) is 2.70. The van der Waals surface area contributed by atoms with Crippen molar-refractivity contribution in [1.82, 2.24) is 0 Å². The van der Waals surface area contributed by atoms with Gasteiger partial charge < -0.3 is 5.11 Å². The normalized spacial score (nSPS) is 27.8. The van der Waals surface area contributed by atoms with Gasteiger partial charge in [-0.2, -0.15) is 0 Å². The summed E-state index contributed by atoms with van der Waals surface area (Å²) in [7, 11) is 0. The van der Waals surface area contributed by atoms with Gasteiger partial charge in [-0.1, -0.05) is 42.7 Å². The first-order valence-corrected chi connectivity index (χ1v) is 5.83. The van der Waals surface area contributed by atoms with Gasteiger partial charge in [-0.3, -0.25) is 4.79 Å². The molecule has 1 aliphatic carbocycles. The van der Waals surface area contributed by atoms with Crippen LogP contribution in [-0.4, -0.2) is 11.1 Å². The van der Waals surface area contributed by atoms with E-state index in [2.05, 4.69) is 13.0 Å². The van der Waals surface area contributed by atoms with Gasteiger partial charge >= 0.3 is 5.97 Å². The summed E-state index contributed by atoms with van der Waals surface area (Å²) in [5, 5.41) is 9.44. The third kappa shape index (κ3) is 1.53. The highest BCUT2D eigenvalue weighted by Crippen LogP contribution is 2.56. The molecule has 1 N–H and O–H groups in total. The van der Waals surface area contributed by atoms with E-state index in [0.29, 0.717) is 5.92 Å². The van der Waals surface area contributed by atoms with E-state index in [1.807, 2.05) is 26.0 Å². The molecule has 86 valence electrons. The molecule has 2 nitrogen and oxygen atoms in total. The van der Waals surface area contributed by atoms with Crippen LogP contribution in [0.3, 0.4) is 0 Å².